The summed E-state index contributed by atoms with van der Waals surface area (Å²) in [5.41, 5.74) is 9.28. The first-order chi connectivity index (χ1) is 26.2. The van der Waals surface area contributed by atoms with Gasteiger partial charge in [-0.25, -0.2) is 34.9 Å². The molecule has 5 aromatic carbocycles. The Morgan fingerprint density at radius 1 is 0.566 bits per heavy atom. The van der Waals surface area contributed by atoms with Gasteiger partial charge in [0.2, 0.25) is 5.89 Å². The van der Waals surface area contributed by atoms with Crippen LogP contribution in [0.15, 0.2) is 142 Å². The monoisotopic (exact) mass is 702 g/mol. The van der Waals surface area contributed by atoms with E-state index >= 15 is 0 Å². The Kier molecular flexibility index (Phi) is 6.51. The van der Waals surface area contributed by atoms with Crippen LogP contribution in [-0.4, -0.2) is 45.1 Å². The average molecular weight is 703 g/mol. The lowest BCUT2D eigenvalue weighted by Crippen LogP contribution is -2.06. The van der Waals surface area contributed by atoms with Crippen LogP contribution < -0.4 is 5.32 Å². The van der Waals surface area contributed by atoms with Crippen LogP contribution >= 0.6 is 11.8 Å². The molecule has 0 saturated carbocycles. The van der Waals surface area contributed by atoms with E-state index < -0.39 is 0 Å². The van der Waals surface area contributed by atoms with Gasteiger partial charge in [0.05, 0.1) is 45.8 Å². The fraction of sp³-hybridized carbons (Fsp3) is 0. The number of rotatable bonds is 4. The molecule has 11 nitrogen and oxygen atoms in total. The first-order valence-electron chi connectivity index (χ1n) is 16.8. The Balaban J connectivity index is 1.24. The fourth-order valence-electron chi connectivity index (χ4n) is 6.80. The topological polar surface area (TPSA) is 141 Å². The number of nitrogens with one attached hydrogen (secondary N) is 1. The van der Waals surface area contributed by atoms with E-state index in [9.17, 15) is 0 Å². The summed E-state index contributed by atoms with van der Waals surface area (Å²) >= 11 is 1.70. The molecule has 0 spiro atoms. The molecule has 248 valence electrons. The zero-order chi connectivity index (χ0) is 34.9. The first-order valence-corrected chi connectivity index (χ1v) is 17.6. The molecule has 10 aromatic rings. The molecule has 53 heavy (non-hydrogen) atoms. The van der Waals surface area contributed by atoms with Crippen molar-refractivity contribution in [2.24, 2.45) is 0 Å². The predicted molar refractivity (Wildman–Crippen MR) is 204 cm³/mol. The van der Waals surface area contributed by atoms with Crippen LogP contribution in [0.25, 0.3) is 89.6 Å². The molecule has 0 atom stereocenters. The Bertz CT molecular complexity index is 3090. The summed E-state index contributed by atoms with van der Waals surface area (Å²) in [6.07, 6.45) is 4.83. The zero-order valence-electron chi connectivity index (χ0n) is 27.5. The van der Waals surface area contributed by atoms with Gasteiger partial charge in [0.25, 0.3) is 0 Å². The van der Waals surface area contributed by atoms with E-state index in [1.807, 2.05) is 91.0 Å². The molecule has 1 N–H and O–H groups in total. The molecule has 1 aliphatic heterocycles. The molecule has 0 aliphatic carbocycles. The van der Waals surface area contributed by atoms with E-state index in [-0.39, 0.29) is 0 Å². The van der Waals surface area contributed by atoms with E-state index in [0.717, 1.165) is 59.6 Å². The number of nitrogens with zero attached hydrogens (tertiary/aromatic N) is 9. The number of anilines is 2. The van der Waals surface area contributed by atoms with Crippen molar-refractivity contribution in [3.63, 3.8) is 0 Å². The van der Waals surface area contributed by atoms with Gasteiger partial charge in [0.1, 0.15) is 28.9 Å². The van der Waals surface area contributed by atoms with Crippen molar-refractivity contribution in [3.05, 3.63) is 128 Å². The molecule has 11 rings (SSSR count). The molecule has 0 saturated heterocycles. The standard InChI is InChI=1S/C41H22N10OS/c1-2-10-23-22(9-1)21-43-51-36(23)39-48-34(25-12-8-18-31-33(25)46-28-15-5-6-17-30(28)53-31)37-40(50-39)49-38(41-42-19-20-52-41)35(47-37)24-11-7-16-29-32(24)45-27-14-4-3-13-26(27)44-29/h1-21,46H. The van der Waals surface area contributed by atoms with E-state index in [0.29, 0.717) is 51.2 Å². The molecular formula is C41H22N10OS. The van der Waals surface area contributed by atoms with Gasteiger partial charge in [0.15, 0.2) is 17.2 Å². The molecule has 6 heterocycles. The second-order valence-corrected chi connectivity index (χ2v) is 13.5. The summed E-state index contributed by atoms with van der Waals surface area (Å²) in [7, 11) is 0. The second kappa shape index (κ2) is 11.7. The lowest BCUT2D eigenvalue weighted by atomic mass is 10.0. The summed E-state index contributed by atoms with van der Waals surface area (Å²) < 4.78 is 5.88. The molecule has 12 heteroatoms. The number of oxazole rings is 1. The van der Waals surface area contributed by atoms with E-state index in [4.69, 9.17) is 34.3 Å². The third-order valence-electron chi connectivity index (χ3n) is 9.22. The fourth-order valence-corrected chi connectivity index (χ4v) is 7.82. The van der Waals surface area contributed by atoms with Crippen LogP contribution in [0.2, 0.25) is 0 Å². The van der Waals surface area contributed by atoms with Crippen molar-refractivity contribution < 1.29 is 4.42 Å². The number of hydrogen-bond acceptors (Lipinski definition) is 12. The highest BCUT2D eigenvalue weighted by Gasteiger charge is 2.27. The van der Waals surface area contributed by atoms with Gasteiger partial charge < -0.3 is 9.73 Å². The summed E-state index contributed by atoms with van der Waals surface area (Å²) in [5, 5.41) is 14.3. The zero-order valence-corrected chi connectivity index (χ0v) is 28.3. The highest BCUT2D eigenvalue weighted by molar-refractivity contribution is 7.99. The summed E-state index contributed by atoms with van der Waals surface area (Å²) in [5.74, 6) is 0.653. The van der Waals surface area contributed by atoms with Crippen molar-refractivity contribution in [2.75, 3.05) is 5.32 Å². The van der Waals surface area contributed by atoms with Crippen LogP contribution in [-0.2, 0) is 0 Å². The Morgan fingerprint density at radius 3 is 2.28 bits per heavy atom. The minimum Gasteiger partial charge on any atom is -0.443 e. The quantitative estimate of drug-likeness (QED) is 0.175. The summed E-state index contributed by atoms with van der Waals surface area (Å²) in [6.45, 7) is 0. The van der Waals surface area contributed by atoms with Gasteiger partial charge in [-0.2, -0.15) is 5.10 Å². The number of aromatic nitrogens is 9. The van der Waals surface area contributed by atoms with Crippen LogP contribution in [0.5, 0.6) is 0 Å². The van der Waals surface area contributed by atoms with E-state index in [2.05, 4.69) is 38.7 Å². The minimum atomic E-state index is 0.290. The van der Waals surface area contributed by atoms with Gasteiger partial charge >= 0.3 is 0 Å². The molecular weight excluding hydrogens is 681 g/mol. The van der Waals surface area contributed by atoms with Crippen LogP contribution in [0.3, 0.4) is 0 Å². The molecule has 0 bridgehead atoms. The van der Waals surface area contributed by atoms with Gasteiger partial charge in [-0.05, 0) is 36.4 Å². The highest BCUT2D eigenvalue weighted by atomic mass is 32.2. The normalized spacial score (nSPS) is 12.2. The van der Waals surface area contributed by atoms with Gasteiger partial charge in [-0.1, -0.05) is 84.6 Å². The van der Waals surface area contributed by atoms with Crippen LogP contribution in [0.4, 0.5) is 11.4 Å². The van der Waals surface area contributed by atoms with Gasteiger partial charge in [-0.15, -0.1) is 5.10 Å². The number of para-hydroxylation sites is 5. The molecule has 0 amide bonds. The summed E-state index contributed by atoms with van der Waals surface area (Å²) in [6, 6.07) is 36.0. The lowest BCUT2D eigenvalue weighted by molar-refractivity contribution is 0.572. The Morgan fingerprint density at radius 2 is 1.36 bits per heavy atom. The van der Waals surface area contributed by atoms with Crippen molar-refractivity contribution >= 4 is 67.1 Å². The SMILES string of the molecule is c1ccc2c(c1)Nc1c(cccc1-c1nc(-c3nncc4ccccc34)nc3nc(-c4ncco4)c(-c4cccc5nc6ccccc6nc45)nc13)S2. The minimum absolute atomic E-state index is 0.290. The third-order valence-corrected chi connectivity index (χ3v) is 10.4. The van der Waals surface area contributed by atoms with Gasteiger partial charge in [0, 0.05) is 31.7 Å². The molecule has 0 radical (unpaired) electrons. The Hall–Kier alpha value is -7.18. The van der Waals surface area contributed by atoms with Crippen LogP contribution in [0.1, 0.15) is 0 Å². The smallest absolute Gasteiger partial charge is 0.247 e. The van der Waals surface area contributed by atoms with Gasteiger partial charge in [-0.3, -0.25) is 0 Å². The van der Waals surface area contributed by atoms with Crippen molar-refractivity contribution in [1.82, 2.24) is 45.1 Å². The third kappa shape index (κ3) is 4.80. The number of fused-ring (bicyclic) bond motifs is 6. The van der Waals surface area contributed by atoms with Crippen LogP contribution in [0, 0.1) is 0 Å². The maximum atomic E-state index is 5.88. The molecule has 0 fully saturated rings. The Labute approximate surface area is 304 Å². The average Bonchev–Trinajstić information content (AvgIpc) is 3.76. The maximum absolute atomic E-state index is 5.88. The first kappa shape index (κ1) is 29.5. The van der Waals surface area contributed by atoms with Crippen molar-refractivity contribution in [1.29, 1.82) is 0 Å². The highest BCUT2D eigenvalue weighted by Crippen LogP contribution is 2.48. The molecule has 5 aromatic heterocycles. The largest absolute Gasteiger partial charge is 0.443 e. The van der Waals surface area contributed by atoms with E-state index in [1.54, 1.807) is 24.2 Å². The van der Waals surface area contributed by atoms with Crippen molar-refractivity contribution in [3.8, 4) is 45.6 Å². The summed E-state index contributed by atoms with van der Waals surface area (Å²) in [4.78, 5) is 37.5. The number of hydrogen-bond donors (Lipinski definition) is 1. The molecule has 1 aliphatic rings. The maximum Gasteiger partial charge on any atom is 0.247 e. The van der Waals surface area contributed by atoms with Crippen molar-refractivity contribution in [2.45, 2.75) is 9.79 Å². The second-order valence-electron chi connectivity index (χ2n) is 12.4. The lowest BCUT2D eigenvalue weighted by Gasteiger charge is -2.23. The number of benzene rings is 5. The predicted octanol–water partition coefficient (Wildman–Crippen LogP) is 9.32. The van der Waals surface area contributed by atoms with E-state index in [1.165, 1.54) is 6.26 Å². The molecule has 0 unspecified atom stereocenters.